The molecule has 2 aromatic carbocycles. The van der Waals surface area contributed by atoms with Crippen LogP contribution in [0.15, 0.2) is 48.7 Å². The fourth-order valence-corrected chi connectivity index (χ4v) is 5.79. The molecule has 0 saturated carbocycles. The van der Waals surface area contributed by atoms with Crippen LogP contribution in [0.1, 0.15) is 22.3 Å². The van der Waals surface area contributed by atoms with Gasteiger partial charge in [0.15, 0.2) is 0 Å². The summed E-state index contributed by atoms with van der Waals surface area (Å²) in [6.07, 6.45) is -0.0649. The number of rotatable bonds is 5. The second-order valence-corrected chi connectivity index (χ2v) is 10.6. The first-order chi connectivity index (χ1) is 18.1. The zero-order chi connectivity index (χ0) is 27.2. The number of hydrogen-bond donors (Lipinski definition) is 0. The van der Waals surface area contributed by atoms with E-state index < -0.39 is 17.6 Å². The third-order valence-corrected chi connectivity index (χ3v) is 8.26. The molecule has 5 nitrogen and oxygen atoms in total. The van der Waals surface area contributed by atoms with E-state index >= 15 is 4.39 Å². The molecule has 0 spiro atoms. The molecule has 0 amide bonds. The summed E-state index contributed by atoms with van der Waals surface area (Å²) in [7, 11) is 1.71. The second-order valence-electron chi connectivity index (χ2n) is 9.67. The zero-order valence-corrected chi connectivity index (χ0v) is 22.5. The summed E-state index contributed by atoms with van der Waals surface area (Å²) in [5.74, 6) is 0.0703. The summed E-state index contributed by atoms with van der Waals surface area (Å²) in [5, 5.41) is 4.96. The minimum Gasteiger partial charge on any atom is -0.351 e. The van der Waals surface area contributed by atoms with Crippen molar-refractivity contribution in [2.45, 2.75) is 32.5 Å². The minimum absolute atomic E-state index is 0.0337. The molecule has 1 aliphatic rings. The Morgan fingerprint density at radius 1 is 1.05 bits per heavy atom. The Kier molecular flexibility index (Phi) is 7.13. The third kappa shape index (κ3) is 4.87. The van der Waals surface area contributed by atoms with Crippen LogP contribution >= 0.6 is 11.9 Å². The van der Waals surface area contributed by atoms with Crippen LogP contribution in [-0.4, -0.2) is 51.0 Å². The molecule has 1 saturated heterocycles. The van der Waals surface area contributed by atoms with Gasteiger partial charge in [0.25, 0.3) is 0 Å². The summed E-state index contributed by atoms with van der Waals surface area (Å²) in [6, 6.07) is 13.3. The number of aryl methyl sites for hydroxylation is 1. The lowest BCUT2D eigenvalue weighted by molar-refractivity contribution is -0.138. The number of piperazine rings is 1. The van der Waals surface area contributed by atoms with Crippen molar-refractivity contribution < 1.29 is 17.6 Å². The van der Waals surface area contributed by atoms with Gasteiger partial charge >= 0.3 is 6.18 Å². The average molecular weight is 544 g/mol. The molecule has 1 atom stereocenters. The highest BCUT2D eigenvalue weighted by atomic mass is 32.2. The van der Waals surface area contributed by atoms with Crippen LogP contribution < -0.4 is 4.90 Å². The molecular weight excluding hydrogens is 514 g/mol. The van der Waals surface area contributed by atoms with E-state index in [4.69, 9.17) is 4.98 Å². The fourth-order valence-electron chi connectivity index (χ4n) is 5.20. The molecule has 10 heteroatoms. The lowest BCUT2D eigenvalue weighted by Gasteiger charge is -2.41. The maximum atomic E-state index is 15.3. The van der Waals surface area contributed by atoms with E-state index in [1.54, 1.807) is 29.9 Å². The van der Waals surface area contributed by atoms with Crippen LogP contribution in [0.3, 0.4) is 0 Å². The first-order valence-electron chi connectivity index (χ1n) is 12.4. The van der Waals surface area contributed by atoms with Crippen LogP contribution in [0.5, 0.6) is 0 Å². The Morgan fingerprint density at radius 3 is 2.47 bits per heavy atom. The van der Waals surface area contributed by atoms with Gasteiger partial charge < -0.3 is 4.90 Å². The number of fused-ring (bicyclic) bond motifs is 1. The van der Waals surface area contributed by atoms with E-state index in [1.807, 2.05) is 24.3 Å². The van der Waals surface area contributed by atoms with Crippen LogP contribution in [0.4, 0.5) is 23.4 Å². The highest BCUT2D eigenvalue weighted by molar-refractivity contribution is 7.96. The molecule has 4 aromatic rings. The van der Waals surface area contributed by atoms with Crippen molar-refractivity contribution in [1.82, 2.24) is 19.1 Å². The third-order valence-electron chi connectivity index (χ3n) is 7.41. The number of hydrogen-bond acceptors (Lipinski definition) is 5. The van der Waals surface area contributed by atoms with Gasteiger partial charge in [-0.05, 0) is 49.3 Å². The molecule has 1 aliphatic heterocycles. The number of benzene rings is 2. The number of pyridine rings is 1. The lowest BCUT2D eigenvalue weighted by Crippen LogP contribution is -2.52. The highest BCUT2D eigenvalue weighted by Gasteiger charge is 2.35. The van der Waals surface area contributed by atoms with E-state index in [9.17, 15) is 13.2 Å². The largest absolute Gasteiger partial charge is 0.416 e. The van der Waals surface area contributed by atoms with E-state index in [0.717, 1.165) is 37.9 Å². The molecule has 0 N–H and O–H groups in total. The SMILES string of the molecule is CSN1CCN(c2cc3c(cn2)c(-c2cc(C(F)(F)F)c(C)c(C)c2F)nn3C)C(Cc2ccccc2)C1. The standard InChI is InChI=1S/C28H29F4N5S/c1-17-18(2)26(29)21(13-23(17)28(30,31)32)27-22-15-33-25(14-24(22)35(3)34-27)37-11-10-36(38-4)16-20(37)12-19-8-6-5-7-9-19/h5-9,13-15,20H,10-12,16H2,1-4H3. The van der Waals surface area contributed by atoms with Crippen LogP contribution in [-0.2, 0) is 19.6 Å². The van der Waals surface area contributed by atoms with Gasteiger partial charge in [0.05, 0.1) is 11.1 Å². The normalized spacial score (nSPS) is 16.9. The van der Waals surface area contributed by atoms with Crippen LogP contribution in [0, 0.1) is 19.7 Å². The van der Waals surface area contributed by atoms with Gasteiger partial charge in [-0.3, -0.25) is 4.68 Å². The molecule has 0 bridgehead atoms. The van der Waals surface area contributed by atoms with Gasteiger partial charge in [-0.2, -0.15) is 18.3 Å². The minimum atomic E-state index is -4.60. The summed E-state index contributed by atoms with van der Waals surface area (Å²) in [6.45, 7) is 5.17. The van der Waals surface area contributed by atoms with Gasteiger partial charge in [-0.15, -0.1) is 0 Å². The molecule has 1 fully saturated rings. The number of aromatic nitrogens is 3. The van der Waals surface area contributed by atoms with Crippen molar-refractivity contribution >= 4 is 28.7 Å². The monoisotopic (exact) mass is 543 g/mol. The van der Waals surface area contributed by atoms with Gasteiger partial charge in [-0.25, -0.2) is 13.7 Å². The first-order valence-corrected chi connectivity index (χ1v) is 13.6. The highest BCUT2D eigenvalue weighted by Crippen LogP contribution is 2.40. The first kappa shape index (κ1) is 26.5. The van der Waals surface area contributed by atoms with Gasteiger partial charge in [0.2, 0.25) is 0 Å². The van der Waals surface area contributed by atoms with Crippen molar-refractivity contribution in [2.75, 3.05) is 30.8 Å². The average Bonchev–Trinajstić information content (AvgIpc) is 3.22. The Balaban J connectivity index is 1.56. The molecule has 1 unspecified atom stereocenters. The molecule has 2 aromatic heterocycles. The maximum absolute atomic E-state index is 15.3. The fraction of sp³-hybridized carbons (Fsp3) is 0.357. The molecule has 38 heavy (non-hydrogen) atoms. The Morgan fingerprint density at radius 2 is 1.79 bits per heavy atom. The molecule has 0 aliphatic carbocycles. The van der Waals surface area contributed by atoms with E-state index in [1.165, 1.54) is 19.4 Å². The van der Waals surface area contributed by atoms with Crippen molar-refractivity contribution in [2.24, 2.45) is 7.05 Å². The van der Waals surface area contributed by atoms with Crippen molar-refractivity contribution in [1.29, 1.82) is 0 Å². The zero-order valence-electron chi connectivity index (χ0n) is 21.7. The van der Waals surface area contributed by atoms with Gasteiger partial charge in [0.1, 0.15) is 17.3 Å². The van der Waals surface area contributed by atoms with Crippen molar-refractivity contribution in [3.05, 3.63) is 76.7 Å². The smallest absolute Gasteiger partial charge is 0.351 e. The summed E-state index contributed by atoms with van der Waals surface area (Å²) >= 11 is 1.73. The molecule has 200 valence electrons. The second kappa shape index (κ2) is 10.2. The summed E-state index contributed by atoms with van der Waals surface area (Å²) < 4.78 is 60.4. The van der Waals surface area contributed by atoms with Crippen LogP contribution in [0.2, 0.25) is 0 Å². The van der Waals surface area contributed by atoms with E-state index in [0.29, 0.717) is 10.9 Å². The number of alkyl halides is 3. The molecular formula is C28H29F4N5S. The number of halogens is 4. The predicted octanol–water partition coefficient (Wildman–Crippen LogP) is 6.42. The molecule has 5 rings (SSSR count). The predicted molar refractivity (Wildman–Crippen MR) is 145 cm³/mol. The lowest BCUT2D eigenvalue weighted by atomic mass is 9.96. The van der Waals surface area contributed by atoms with E-state index in [-0.39, 0.29) is 28.4 Å². The topological polar surface area (TPSA) is 37.2 Å². The summed E-state index contributed by atoms with van der Waals surface area (Å²) in [4.78, 5) is 7.00. The molecule has 0 radical (unpaired) electrons. The maximum Gasteiger partial charge on any atom is 0.416 e. The van der Waals surface area contributed by atoms with E-state index in [2.05, 4.69) is 32.7 Å². The van der Waals surface area contributed by atoms with Crippen molar-refractivity contribution in [3.63, 3.8) is 0 Å². The summed E-state index contributed by atoms with van der Waals surface area (Å²) in [5.41, 5.74) is 0.894. The Hall–Kier alpha value is -3.11. The number of anilines is 1. The number of nitrogens with zero attached hydrogens (tertiary/aromatic N) is 5. The van der Waals surface area contributed by atoms with Crippen LogP contribution in [0.25, 0.3) is 22.2 Å². The quantitative estimate of drug-likeness (QED) is 0.215. The van der Waals surface area contributed by atoms with Gasteiger partial charge in [-0.1, -0.05) is 42.3 Å². The van der Waals surface area contributed by atoms with Crippen molar-refractivity contribution in [3.8, 4) is 11.3 Å². The molecule has 3 heterocycles. The Bertz CT molecular complexity index is 1470. The van der Waals surface area contributed by atoms with Gasteiger partial charge in [0, 0.05) is 55.9 Å². The Labute approximate surface area is 223 Å².